The number of benzene rings is 1. The molecule has 0 saturated carbocycles. The van der Waals surface area contributed by atoms with Crippen molar-refractivity contribution in [2.45, 2.75) is 12.5 Å². The van der Waals surface area contributed by atoms with Gasteiger partial charge in [0.1, 0.15) is 0 Å². The number of rotatable bonds is 2. The van der Waals surface area contributed by atoms with Crippen molar-refractivity contribution in [1.29, 1.82) is 0 Å². The molecule has 1 atom stereocenters. The van der Waals surface area contributed by atoms with Gasteiger partial charge in [-0.1, -0.05) is 17.7 Å². The molecule has 1 saturated heterocycles. The second kappa shape index (κ2) is 4.51. The Morgan fingerprint density at radius 2 is 2.36 bits per heavy atom. The second-order valence-electron chi connectivity index (χ2n) is 3.31. The smallest absolute Gasteiger partial charge is 0.0668 e. The predicted octanol–water partition coefficient (Wildman–Crippen LogP) is 3.30. The second-order valence-corrected chi connectivity index (χ2v) is 4.51. The van der Waals surface area contributed by atoms with Gasteiger partial charge in [-0.15, -0.1) is 0 Å². The Bertz CT molecular complexity index is 326. The highest BCUT2D eigenvalue weighted by Gasteiger charge is 2.16. The highest BCUT2D eigenvalue weighted by molar-refractivity contribution is 9.10. The van der Waals surface area contributed by atoms with Crippen LogP contribution in [-0.2, 0) is 4.74 Å². The van der Waals surface area contributed by atoms with Gasteiger partial charge in [0.05, 0.1) is 27.8 Å². The molecule has 1 unspecified atom stereocenters. The molecule has 1 N–H and O–H groups in total. The normalized spacial score (nSPS) is 21.1. The van der Waals surface area contributed by atoms with Gasteiger partial charge in [0.2, 0.25) is 0 Å². The summed E-state index contributed by atoms with van der Waals surface area (Å²) in [6.45, 7) is 1.62. The van der Waals surface area contributed by atoms with E-state index in [2.05, 4.69) is 21.2 Å². The molecule has 1 aromatic rings. The number of halogens is 2. The van der Waals surface area contributed by atoms with Crippen molar-refractivity contribution >= 4 is 33.2 Å². The van der Waals surface area contributed by atoms with Crippen molar-refractivity contribution in [3.8, 4) is 0 Å². The fourth-order valence-corrected chi connectivity index (χ4v) is 2.04. The average Bonchev–Trinajstić information content (AvgIpc) is 2.66. The maximum Gasteiger partial charge on any atom is 0.0668 e. The van der Waals surface area contributed by atoms with Crippen LogP contribution in [0.25, 0.3) is 0 Å². The molecule has 1 aromatic carbocycles. The topological polar surface area (TPSA) is 21.3 Å². The van der Waals surface area contributed by atoms with Crippen LogP contribution in [0.2, 0.25) is 5.02 Å². The molecule has 0 radical (unpaired) electrons. The minimum atomic E-state index is 0.407. The molecule has 76 valence electrons. The molecule has 1 heterocycles. The van der Waals surface area contributed by atoms with Crippen LogP contribution in [0.3, 0.4) is 0 Å². The van der Waals surface area contributed by atoms with Gasteiger partial charge in [-0.2, -0.15) is 0 Å². The van der Waals surface area contributed by atoms with E-state index in [1.807, 2.05) is 18.2 Å². The van der Waals surface area contributed by atoms with Crippen LogP contribution in [0.5, 0.6) is 0 Å². The van der Waals surface area contributed by atoms with E-state index in [1.165, 1.54) is 0 Å². The van der Waals surface area contributed by atoms with Gasteiger partial charge in [0.15, 0.2) is 0 Å². The van der Waals surface area contributed by atoms with E-state index in [0.29, 0.717) is 6.04 Å². The maximum absolute atomic E-state index is 5.98. The van der Waals surface area contributed by atoms with Crippen LogP contribution in [-0.4, -0.2) is 19.3 Å². The van der Waals surface area contributed by atoms with Crippen molar-refractivity contribution in [2.24, 2.45) is 0 Å². The first kappa shape index (κ1) is 10.3. The van der Waals surface area contributed by atoms with Crippen LogP contribution in [0, 0.1) is 0 Å². The van der Waals surface area contributed by atoms with Crippen LogP contribution >= 0.6 is 27.5 Å². The van der Waals surface area contributed by atoms with E-state index < -0.39 is 0 Å². The monoisotopic (exact) mass is 275 g/mol. The Morgan fingerprint density at radius 3 is 3.07 bits per heavy atom. The third-order valence-corrected chi connectivity index (χ3v) is 3.64. The van der Waals surface area contributed by atoms with E-state index in [0.717, 1.165) is 34.8 Å². The van der Waals surface area contributed by atoms with Crippen LogP contribution in [0.15, 0.2) is 22.7 Å². The Balaban J connectivity index is 2.11. The van der Waals surface area contributed by atoms with E-state index in [-0.39, 0.29) is 0 Å². The molecule has 4 heteroatoms. The van der Waals surface area contributed by atoms with Crippen molar-refractivity contribution in [2.75, 3.05) is 18.5 Å². The van der Waals surface area contributed by atoms with Gasteiger partial charge in [-0.25, -0.2) is 0 Å². The minimum absolute atomic E-state index is 0.407. The first-order valence-corrected chi connectivity index (χ1v) is 5.73. The lowest BCUT2D eigenvalue weighted by molar-refractivity contribution is 0.195. The predicted molar refractivity (Wildman–Crippen MR) is 62.0 cm³/mol. The molecule has 1 fully saturated rings. The number of hydrogen-bond acceptors (Lipinski definition) is 2. The maximum atomic E-state index is 5.98. The minimum Gasteiger partial charge on any atom is -0.379 e. The first-order chi connectivity index (χ1) is 6.77. The summed E-state index contributed by atoms with van der Waals surface area (Å²) in [6, 6.07) is 6.21. The summed E-state index contributed by atoms with van der Waals surface area (Å²) < 4.78 is 6.21. The third-order valence-electron chi connectivity index (χ3n) is 2.24. The van der Waals surface area contributed by atoms with Crippen molar-refractivity contribution < 1.29 is 4.74 Å². The number of hydrogen-bond donors (Lipinski definition) is 1. The summed E-state index contributed by atoms with van der Waals surface area (Å²) in [5.74, 6) is 0. The van der Waals surface area contributed by atoms with Crippen LogP contribution in [0.4, 0.5) is 5.69 Å². The number of anilines is 1. The SMILES string of the molecule is Clc1cccc(NC2CCOC2)c1Br. The van der Waals surface area contributed by atoms with Crippen LogP contribution in [0.1, 0.15) is 6.42 Å². The van der Waals surface area contributed by atoms with Gasteiger partial charge in [0, 0.05) is 6.61 Å². The fourth-order valence-electron chi connectivity index (χ4n) is 1.48. The highest BCUT2D eigenvalue weighted by atomic mass is 79.9. The van der Waals surface area contributed by atoms with Gasteiger partial charge in [-0.05, 0) is 34.5 Å². The zero-order chi connectivity index (χ0) is 9.97. The lowest BCUT2D eigenvalue weighted by atomic mass is 10.2. The Kier molecular flexibility index (Phi) is 3.31. The first-order valence-electron chi connectivity index (χ1n) is 4.55. The zero-order valence-electron chi connectivity index (χ0n) is 7.59. The zero-order valence-corrected chi connectivity index (χ0v) is 9.94. The average molecular weight is 277 g/mol. The standard InChI is InChI=1S/C10H11BrClNO/c11-10-8(12)2-1-3-9(10)13-7-4-5-14-6-7/h1-3,7,13H,4-6H2. The number of ether oxygens (including phenoxy) is 1. The Morgan fingerprint density at radius 1 is 1.50 bits per heavy atom. The molecule has 0 aromatic heterocycles. The summed E-state index contributed by atoms with van der Waals surface area (Å²) in [6.07, 6.45) is 1.05. The lowest BCUT2D eigenvalue weighted by Gasteiger charge is -2.14. The third kappa shape index (κ3) is 2.22. The summed E-state index contributed by atoms with van der Waals surface area (Å²) in [7, 11) is 0. The van der Waals surface area contributed by atoms with E-state index in [1.54, 1.807) is 0 Å². The molecule has 0 bridgehead atoms. The van der Waals surface area contributed by atoms with E-state index in [9.17, 15) is 0 Å². The summed E-state index contributed by atoms with van der Waals surface area (Å²) >= 11 is 9.43. The van der Waals surface area contributed by atoms with Gasteiger partial charge in [0.25, 0.3) is 0 Å². The Hall–Kier alpha value is -0.250. The summed E-state index contributed by atoms with van der Waals surface area (Å²) in [4.78, 5) is 0. The molecule has 2 nitrogen and oxygen atoms in total. The molecule has 1 aliphatic heterocycles. The molecule has 2 rings (SSSR count). The van der Waals surface area contributed by atoms with Crippen molar-refractivity contribution in [3.05, 3.63) is 27.7 Å². The van der Waals surface area contributed by atoms with Crippen molar-refractivity contribution in [1.82, 2.24) is 0 Å². The summed E-state index contributed by atoms with van der Waals surface area (Å²) in [5.41, 5.74) is 1.04. The van der Waals surface area contributed by atoms with Crippen LogP contribution < -0.4 is 5.32 Å². The number of nitrogens with one attached hydrogen (secondary N) is 1. The molecule has 1 aliphatic rings. The van der Waals surface area contributed by atoms with E-state index >= 15 is 0 Å². The molecular weight excluding hydrogens is 265 g/mol. The largest absolute Gasteiger partial charge is 0.379 e. The molecular formula is C10H11BrClNO. The van der Waals surface area contributed by atoms with Gasteiger partial charge in [-0.3, -0.25) is 0 Å². The summed E-state index contributed by atoms with van der Waals surface area (Å²) in [5, 5.41) is 4.12. The molecule has 0 spiro atoms. The Labute approximate surface area is 96.7 Å². The molecule has 14 heavy (non-hydrogen) atoms. The highest BCUT2D eigenvalue weighted by Crippen LogP contribution is 2.31. The van der Waals surface area contributed by atoms with E-state index in [4.69, 9.17) is 16.3 Å². The molecule has 0 amide bonds. The fraction of sp³-hybridized carbons (Fsp3) is 0.400. The lowest BCUT2D eigenvalue weighted by Crippen LogP contribution is -2.19. The van der Waals surface area contributed by atoms with Gasteiger partial charge < -0.3 is 10.1 Å². The quantitative estimate of drug-likeness (QED) is 0.895. The molecule has 0 aliphatic carbocycles. The van der Waals surface area contributed by atoms with Crippen molar-refractivity contribution in [3.63, 3.8) is 0 Å². The van der Waals surface area contributed by atoms with Gasteiger partial charge >= 0.3 is 0 Å².